The van der Waals surface area contributed by atoms with E-state index in [1.54, 1.807) is 13.3 Å². The van der Waals surface area contributed by atoms with Crippen LogP contribution in [0.25, 0.3) is 0 Å². The average molecular weight is 286 g/mol. The van der Waals surface area contributed by atoms with E-state index in [4.69, 9.17) is 9.47 Å². The molecule has 0 saturated carbocycles. The summed E-state index contributed by atoms with van der Waals surface area (Å²) in [6.45, 7) is 3.18. The average Bonchev–Trinajstić information content (AvgIpc) is 2.56. The number of methoxy groups -OCH3 is 1. The van der Waals surface area contributed by atoms with E-state index in [0.717, 1.165) is 43.6 Å². The highest BCUT2D eigenvalue weighted by atomic mass is 16.5. The van der Waals surface area contributed by atoms with Crippen LogP contribution in [0.3, 0.4) is 0 Å². The summed E-state index contributed by atoms with van der Waals surface area (Å²) in [7, 11) is 1.64. The van der Waals surface area contributed by atoms with Crippen LogP contribution >= 0.6 is 0 Å². The summed E-state index contributed by atoms with van der Waals surface area (Å²) in [6.07, 6.45) is 1.76. The first-order valence-electron chi connectivity index (χ1n) is 6.92. The van der Waals surface area contributed by atoms with Gasteiger partial charge in [-0.3, -0.25) is 0 Å². The van der Waals surface area contributed by atoms with Crippen molar-refractivity contribution >= 4 is 17.5 Å². The highest BCUT2D eigenvalue weighted by Crippen LogP contribution is 2.26. The molecule has 6 heteroatoms. The number of hydrogen-bond acceptors (Lipinski definition) is 6. The summed E-state index contributed by atoms with van der Waals surface area (Å²) < 4.78 is 10.7. The molecule has 1 saturated heterocycles. The second-order valence-corrected chi connectivity index (χ2v) is 4.66. The number of benzene rings is 1. The lowest BCUT2D eigenvalue weighted by molar-refractivity contribution is 0.122. The molecule has 0 aliphatic carbocycles. The van der Waals surface area contributed by atoms with E-state index in [9.17, 15) is 0 Å². The monoisotopic (exact) mass is 286 g/mol. The van der Waals surface area contributed by atoms with Gasteiger partial charge in [-0.1, -0.05) is 12.1 Å². The molecule has 3 rings (SSSR count). The van der Waals surface area contributed by atoms with Gasteiger partial charge in [0.1, 0.15) is 11.6 Å². The van der Waals surface area contributed by atoms with Gasteiger partial charge in [0.05, 0.1) is 26.0 Å². The molecular weight excluding hydrogens is 268 g/mol. The standard InChI is InChI=1S/C15H18N4O2/c1-20-13-5-3-2-4-12(13)17-15-16-7-6-14(18-15)19-8-10-21-11-9-19/h2-7H,8-11H2,1H3,(H,16,17,18). The van der Waals surface area contributed by atoms with E-state index in [-0.39, 0.29) is 0 Å². The zero-order valence-corrected chi connectivity index (χ0v) is 12.0. The summed E-state index contributed by atoms with van der Waals surface area (Å²) in [4.78, 5) is 11.0. The van der Waals surface area contributed by atoms with Crippen molar-refractivity contribution in [3.05, 3.63) is 36.5 Å². The fourth-order valence-electron chi connectivity index (χ4n) is 2.25. The Morgan fingerprint density at radius 2 is 2.00 bits per heavy atom. The van der Waals surface area contributed by atoms with E-state index >= 15 is 0 Å². The summed E-state index contributed by atoms with van der Waals surface area (Å²) in [5.74, 6) is 2.23. The maximum absolute atomic E-state index is 5.36. The lowest BCUT2D eigenvalue weighted by Gasteiger charge is -2.27. The van der Waals surface area contributed by atoms with Gasteiger partial charge < -0.3 is 19.7 Å². The maximum Gasteiger partial charge on any atom is 0.229 e. The van der Waals surface area contributed by atoms with Crippen LogP contribution in [0.2, 0.25) is 0 Å². The minimum Gasteiger partial charge on any atom is -0.495 e. The third-order valence-corrected chi connectivity index (χ3v) is 3.33. The number of morpholine rings is 1. The van der Waals surface area contributed by atoms with Crippen molar-refractivity contribution in [2.24, 2.45) is 0 Å². The molecule has 0 unspecified atom stereocenters. The van der Waals surface area contributed by atoms with Gasteiger partial charge in [-0.05, 0) is 18.2 Å². The molecule has 21 heavy (non-hydrogen) atoms. The number of aromatic nitrogens is 2. The Labute approximate surface area is 123 Å². The van der Waals surface area contributed by atoms with E-state index < -0.39 is 0 Å². The first-order valence-corrected chi connectivity index (χ1v) is 6.92. The first-order chi connectivity index (χ1) is 10.4. The molecule has 6 nitrogen and oxygen atoms in total. The largest absolute Gasteiger partial charge is 0.495 e. The molecule has 110 valence electrons. The maximum atomic E-state index is 5.36. The quantitative estimate of drug-likeness (QED) is 0.928. The van der Waals surface area contributed by atoms with Crippen LogP contribution < -0.4 is 15.0 Å². The SMILES string of the molecule is COc1ccccc1Nc1nccc(N2CCOCC2)n1. The predicted octanol–water partition coefficient (Wildman–Crippen LogP) is 2.07. The lowest BCUT2D eigenvalue weighted by Crippen LogP contribution is -2.36. The van der Waals surface area contributed by atoms with Gasteiger partial charge in [-0.25, -0.2) is 4.98 Å². The van der Waals surface area contributed by atoms with Crippen molar-refractivity contribution in [2.75, 3.05) is 43.6 Å². The van der Waals surface area contributed by atoms with Gasteiger partial charge >= 0.3 is 0 Å². The Hall–Kier alpha value is -2.34. The van der Waals surface area contributed by atoms with Crippen molar-refractivity contribution in [2.45, 2.75) is 0 Å². The minimum atomic E-state index is 0.559. The normalized spacial score (nSPS) is 14.8. The van der Waals surface area contributed by atoms with Crippen LogP contribution in [-0.4, -0.2) is 43.4 Å². The topological polar surface area (TPSA) is 59.5 Å². The number of nitrogens with one attached hydrogen (secondary N) is 1. The van der Waals surface area contributed by atoms with Crippen molar-refractivity contribution in [3.63, 3.8) is 0 Å². The van der Waals surface area contributed by atoms with Crippen LogP contribution in [0.1, 0.15) is 0 Å². The molecule has 2 heterocycles. The lowest BCUT2D eigenvalue weighted by atomic mass is 10.3. The van der Waals surface area contributed by atoms with Gasteiger partial charge in [0, 0.05) is 19.3 Å². The fourth-order valence-corrected chi connectivity index (χ4v) is 2.25. The van der Waals surface area contributed by atoms with Crippen LogP contribution in [0, 0.1) is 0 Å². The van der Waals surface area contributed by atoms with Crippen LogP contribution in [0.15, 0.2) is 36.5 Å². The molecule has 0 spiro atoms. The number of ether oxygens (including phenoxy) is 2. The molecule has 2 aromatic rings. The van der Waals surface area contributed by atoms with Crippen molar-refractivity contribution < 1.29 is 9.47 Å². The summed E-state index contributed by atoms with van der Waals surface area (Å²) in [5, 5.41) is 3.20. The van der Waals surface area contributed by atoms with Gasteiger partial charge in [0.15, 0.2) is 0 Å². The first kappa shape index (κ1) is 13.6. The Bertz CT molecular complexity index is 600. The molecule has 1 N–H and O–H groups in total. The molecule has 1 aromatic heterocycles. The Morgan fingerprint density at radius 1 is 1.19 bits per heavy atom. The van der Waals surface area contributed by atoms with Gasteiger partial charge in [-0.15, -0.1) is 0 Å². The third kappa shape index (κ3) is 3.22. The summed E-state index contributed by atoms with van der Waals surface area (Å²) >= 11 is 0. The van der Waals surface area contributed by atoms with Crippen LogP contribution in [-0.2, 0) is 4.74 Å². The van der Waals surface area contributed by atoms with Gasteiger partial charge in [-0.2, -0.15) is 4.98 Å². The Morgan fingerprint density at radius 3 is 2.81 bits per heavy atom. The third-order valence-electron chi connectivity index (χ3n) is 3.33. The molecule has 0 bridgehead atoms. The Kier molecular flexibility index (Phi) is 4.16. The van der Waals surface area contributed by atoms with E-state index in [0.29, 0.717) is 5.95 Å². The highest BCUT2D eigenvalue weighted by molar-refractivity contribution is 5.63. The predicted molar refractivity (Wildman–Crippen MR) is 81.3 cm³/mol. The van der Waals surface area contributed by atoms with Gasteiger partial charge in [0.2, 0.25) is 5.95 Å². The molecule has 1 aromatic carbocycles. The van der Waals surface area contributed by atoms with E-state index in [1.807, 2.05) is 30.3 Å². The molecule has 0 amide bonds. The minimum absolute atomic E-state index is 0.559. The number of para-hydroxylation sites is 2. The van der Waals surface area contributed by atoms with E-state index in [1.165, 1.54) is 0 Å². The summed E-state index contributed by atoms with van der Waals surface area (Å²) in [5.41, 5.74) is 0.846. The number of hydrogen-bond donors (Lipinski definition) is 1. The van der Waals surface area contributed by atoms with Crippen LogP contribution in [0.5, 0.6) is 5.75 Å². The molecule has 0 atom stereocenters. The van der Waals surface area contributed by atoms with Crippen molar-refractivity contribution in [1.29, 1.82) is 0 Å². The van der Waals surface area contributed by atoms with E-state index in [2.05, 4.69) is 20.2 Å². The Balaban J connectivity index is 1.79. The summed E-state index contributed by atoms with van der Waals surface area (Å²) in [6, 6.07) is 9.61. The molecule has 0 radical (unpaired) electrons. The van der Waals surface area contributed by atoms with Crippen LogP contribution in [0.4, 0.5) is 17.5 Å². The number of nitrogens with zero attached hydrogens (tertiary/aromatic N) is 3. The zero-order chi connectivity index (χ0) is 14.5. The second-order valence-electron chi connectivity index (χ2n) is 4.66. The van der Waals surface area contributed by atoms with Gasteiger partial charge in [0.25, 0.3) is 0 Å². The van der Waals surface area contributed by atoms with Crippen molar-refractivity contribution in [3.8, 4) is 5.75 Å². The highest BCUT2D eigenvalue weighted by Gasteiger charge is 2.13. The molecule has 1 aliphatic heterocycles. The second kappa shape index (κ2) is 6.41. The van der Waals surface area contributed by atoms with Crippen molar-refractivity contribution in [1.82, 2.24) is 9.97 Å². The number of anilines is 3. The smallest absolute Gasteiger partial charge is 0.229 e. The molecule has 1 aliphatic rings. The fraction of sp³-hybridized carbons (Fsp3) is 0.333. The zero-order valence-electron chi connectivity index (χ0n) is 12.0. The number of rotatable bonds is 4. The molecular formula is C15H18N4O2. The molecule has 1 fully saturated rings.